The van der Waals surface area contributed by atoms with E-state index in [9.17, 15) is 9.59 Å². The minimum atomic E-state index is -0.477. The van der Waals surface area contributed by atoms with E-state index in [0.29, 0.717) is 50.5 Å². The normalized spacial score (nSPS) is 20.8. The van der Waals surface area contributed by atoms with Crippen LogP contribution in [0.15, 0.2) is 36.8 Å². The number of ether oxygens (including phenoxy) is 2. The molecule has 2 aliphatic heterocycles. The zero-order valence-corrected chi connectivity index (χ0v) is 16.2. The Labute approximate surface area is 168 Å². The number of amides is 2. The van der Waals surface area contributed by atoms with E-state index in [1.54, 1.807) is 12.5 Å². The first kappa shape index (κ1) is 18.3. The highest BCUT2D eigenvalue weighted by molar-refractivity contribution is 5.94. The molecule has 3 fully saturated rings. The van der Waals surface area contributed by atoms with Crippen LogP contribution in [0.1, 0.15) is 36.0 Å². The Bertz CT molecular complexity index is 903. The van der Waals surface area contributed by atoms with Crippen LogP contribution in [-0.4, -0.2) is 58.4 Å². The van der Waals surface area contributed by atoms with Gasteiger partial charge in [-0.2, -0.15) is 0 Å². The van der Waals surface area contributed by atoms with Crippen LogP contribution in [0, 0.1) is 5.92 Å². The summed E-state index contributed by atoms with van der Waals surface area (Å²) in [5.74, 6) is 0.261. The van der Waals surface area contributed by atoms with Gasteiger partial charge < -0.3 is 24.3 Å². The number of carbonyl (C=O) groups excluding carboxylic acids is 2. The van der Waals surface area contributed by atoms with Crippen molar-refractivity contribution in [2.45, 2.75) is 31.5 Å². The van der Waals surface area contributed by atoms with Crippen molar-refractivity contribution in [2.24, 2.45) is 5.92 Å². The summed E-state index contributed by atoms with van der Waals surface area (Å²) in [6.45, 7) is 2.53. The fraction of sp³-hybridized carbons (Fsp3) is 0.476. The van der Waals surface area contributed by atoms with Gasteiger partial charge >= 0.3 is 0 Å². The summed E-state index contributed by atoms with van der Waals surface area (Å²) in [5, 5.41) is 2.84. The van der Waals surface area contributed by atoms with Gasteiger partial charge in [0.05, 0.1) is 19.4 Å². The van der Waals surface area contributed by atoms with Crippen molar-refractivity contribution in [3.8, 4) is 5.69 Å². The van der Waals surface area contributed by atoms with Crippen LogP contribution in [0.4, 0.5) is 5.82 Å². The second-order valence-corrected chi connectivity index (χ2v) is 7.88. The molecule has 1 aromatic carbocycles. The molecule has 8 nitrogen and oxygen atoms in total. The summed E-state index contributed by atoms with van der Waals surface area (Å²) in [5.41, 5.74) is 1.53. The van der Waals surface area contributed by atoms with Crippen molar-refractivity contribution in [1.29, 1.82) is 0 Å². The van der Waals surface area contributed by atoms with E-state index in [4.69, 9.17) is 9.47 Å². The number of anilines is 1. The zero-order chi connectivity index (χ0) is 19.8. The summed E-state index contributed by atoms with van der Waals surface area (Å²) in [4.78, 5) is 30.8. The maximum absolute atomic E-state index is 12.8. The van der Waals surface area contributed by atoms with E-state index in [0.717, 1.165) is 18.5 Å². The van der Waals surface area contributed by atoms with Gasteiger partial charge in [0, 0.05) is 43.1 Å². The quantitative estimate of drug-likeness (QED) is 0.856. The molecule has 152 valence electrons. The van der Waals surface area contributed by atoms with Crippen LogP contribution >= 0.6 is 0 Å². The van der Waals surface area contributed by atoms with E-state index < -0.39 is 5.79 Å². The third-order valence-electron chi connectivity index (χ3n) is 5.82. The predicted molar refractivity (Wildman–Crippen MR) is 105 cm³/mol. The highest BCUT2D eigenvalue weighted by Gasteiger charge is 2.40. The van der Waals surface area contributed by atoms with Gasteiger partial charge in [-0.25, -0.2) is 4.98 Å². The number of hydrogen-bond donors (Lipinski definition) is 1. The van der Waals surface area contributed by atoms with Crippen molar-refractivity contribution >= 4 is 17.6 Å². The molecular weight excluding hydrogens is 372 g/mol. The van der Waals surface area contributed by atoms with Crippen LogP contribution in [0.3, 0.4) is 0 Å². The summed E-state index contributed by atoms with van der Waals surface area (Å²) in [6, 6.07) is 7.42. The second-order valence-electron chi connectivity index (χ2n) is 7.88. The Hall–Kier alpha value is -2.71. The largest absolute Gasteiger partial charge is 0.347 e. The first-order chi connectivity index (χ1) is 14.1. The SMILES string of the molecule is O=C(Nc1cn(-c2ccc(C(=O)N3CCC4(CC3)OCCO4)cc2)cn1)C1CC1. The number of benzene rings is 1. The van der Waals surface area contributed by atoms with E-state index in [1.165, 1.54) is 0 Å². The first-order valence-corrected chi connectivity index (χ1v) is 10.1. The van der Waals surface area contributed by atoms with Gasteiger partial charge in [0.15, 0.2) is 11.6 Å². The van der Waals surface area contributed by atoms with E-state index in [1.807, 2.05) is 33.7 Å². The Kier molecular flexibility index (Phi) is 4.60. The molecule has 3 heterocycles. The molecule has 1 aromatic heterocycles. The lowest BCUT2D eigenvalue weighted by molar-refractivity contribution is -0.181. The number of nitrogens with one attached hydrogen (secondary N) is 1. The third kappa shape index (κ3) is 3.77. The average molecular weight is 396 g/mol. The monoisotopic (exact) mass is 396 g/mol. The number of imidazole rings is 1. The molecule has 0 unspecified atom stereocenters. The Morgan fingerprint density at radius 2 is 1.76 bits per heavy atom. The smallest absolute Gasteiger partial charge is 0.253 e. The summed E-state index contributed by atoms with van der Waals surface area (Å²) >= 11 is 0. The van der Waals surface area contributed by atoms with Crippen LogP contribution in [0.25, 0.3) is 5.69 Å². The van der Waals surface area contributed by atoms with Gasteiger partial charge in [-0.05, 0) is 37.1 Å². The molecule has 2 aromatic rings. The molecule has 1 saturated carbocycles. The van der Waals surface area contributed by atoms with Crippen molar-refractivity contribution in [3.63, 3.8) is 0 Å². The lowest BCUT2D eigenvalue weighted by Crippen LogP contribution is -2.47. The number of piperidine rings is 1. The number of carbonyl (C=O) groups is 2. The highest BCUT2D eigenvalue weighted by atomic mass is 16.7. The number of nitrogens with zero attached hydrogens (tertiary/aromatic N) is 3. The van der Waals surface area contributed by atoms with Crippen LogP contribution in [-0.2, 0) is 14.3 Å². The Morgan fingerprint density at radius 3 is 2.41 bits per heavy atom. The van der Waals surface area contributed by atoms with Crippen LogP contribution in [0.2, 0.25) is 0 Å². The van der Waals surface area contributed by atoms with Gasteiger partial charge in [0.2, 0.25) is 5.91 Å². The molecule has 0 atom stereocenters. The number of hydrogen-bond acceptors (Lipinski definition) is 5. The molecule has 2 saturated heterocycles. The molecular formula is C21H24N4O4. The van der Waals surface area contributed by atoms with Gasteiger partial charge in [0.1, 0.15) is 6.33 Å². The lowest BCUT2D eigenvalue weighted by atomic mass is 10.0. The fourth-order valence-corrected chi connectivity index (χ4v) is 3.90. The average Bonchev–Trinajstić information content (AvgIpc) is 3.35. The van der Waals surface area contributed by atoms with Crippen LogP contribution < -0.4 is 5.32 Å². The van der Waals surface area contributed by atoms with Crippen molar-refractivity contribution in [1.82, 2.24) is 14.5 Å². The highest BCUT2D eigenvalue weighted by Crippen LogP contribution is 2.32. The van der Waals surface area contributed by atoms with E-state index in [2.05, 4.69) is 10.3 Å². The Morgan fingerprint density at radius 1 is 1.07 bits per heavy atom. The number of likely N-dealkylation sites (tertiary alicyclic amines) is 1. The first-order valence-electron chi connectivity index (χ1n) is 10.1. The maximum atomic E-state index is 12.8. The molecule has 29 heavy (non-hydrogen) atoms. The number of rotatable bonds is 4. The van der Waals surface area contributed by atoms with Gasteiger partial charge in [-0.1, -0.05) is 0 Å². The Balaban J connectivity index is 1.21. The maximum Gasteiger partial charge on any atom is 0.253 e. The molecule has 2 amide bonds. The minimum absolute atomic E-state index is 0.0208. The molecule has 0 radical (unpaired) electrons. The lowest BCUT2D eigenvalue weighted by Gasteiger charge is -2.37. The summed E-state index contributed by atoms with van der Waals surface area (Å²) in [6.07, 6.45) is 6.77. The van der Waals surface area contributed by atoms with E-state index >= 15 is 0 Å². The number of aromatic nitrogens is 2. The molecule has 8 heteroatoms. The van der Waals surface area contributed by atoms with Crippen molar-refractivity contribution in [2.75, 3.05) is 31.6 Å². The summed E-state index contributed by atoms with van der Waals surface area (Å²) in [7, 11) is 0. The second kappa shape index (κ2) is 7.27. The molecule has 0 bridgehead atoms. The third-order valence-corrected chi connectivity index (χ3v) is 5.82. The van der Waals surface area contributed by atoms with Gasteiger partial charge in [-0.3, -0.25) is 9.59 Å². The molecule has 1 N–H and O–H groups in total. The van der Waals surface area contributed by atoms with Crippen LogP contribution in [0.5, 0.6) is 0 Å². The van der Waals surface area contributed by atoms with Gasteiger partial charge in [-0.15, -0.1) is 0 Å². The van der Waals surface area contributed by atoms with Crippen molar-refractivity contribution < 1.29 is 19.1 Å². The predicted octanol–water partition coefficient (Wildman–Crippen LogP) is 2.20. The fourth-order valence-electron chi connectivity index (χ4n) is 3.90. The minimum Gasteiger partial charge on any atom is -0.347 e. The molecule has 5 rings (SSSR count). The molecule has 3 aliphatic rings. The molecule has 1 aliphatic carbocycles. The van der Waals surface area contributed by atoms with E-state index in [-0.39, 0.29) is 17.7 Å². The zero-order valence-electron chi connectivity index (χ0n) is 16.2. The topological polar surface area (TPSA) is 85.7 Å². The van der Waals surface area contributed by atoms with Gasteiger partial charge in [0.25, 0.3) is 5.91 Å². The standard InChI is InChI=1S/C21H24N4O4/c26-19(15-1-2-15)23-18-13-25(14-22-18)17-5-3-16(4-6-17)20(27)24-9-7-21(8-10-24)28-11-12-29-21/h3-6,13-15H,1-2,7-12H2,(H,23,26). The van der Waals surface area contributed by atoms with Crippen molar-refractivity contribution in [3.05, 3.63) is 42.4 Å². The molecule has 1 spiro atoms. The summed E-state index contributed by atoms with van der Waals surface area (Å²) < 4.78 is 13.3.